The Labute approximate surface area is 157 Å². The number of carbonyl (C=O) groups is 1. The third-order valence-electron chi connectivity index (χ3n) is 3.89. The van der Waals surface area contributed by atoms with Gasteiger partial charge in [-0.3, -0.25) is 4.79 Å². The summed E-state index contributed by atoms with van der Waals surface area (Å²) in [7, 11) is 0. The van der Waals surface area contributed by atoms with Crippen molar-refractivity contribution >= 4 is 17.3 Å². The molecule has 1 heterocycles. The summed E-state index contributed by atoms with van der Waals surface area (Å²) >= 11 is 0. The highest BCUT2D eigenvalue weighted by Gasteiger charge is 2.31. The van der Waals surface area contributed by atoms with Crippen LogP contribution in [0.3, 0.4) is 0 Å². The van der Waals surface area contributed by atoms with Gasteiger partial charge in [-0.1, -0.05) is 6.07 Å². The van der Waals surface area contributed by atoms with Crippen LogP contribution in [0, 0.1) is 12.7 Å². The maximum Gasteiger partial charge on any atom is 0.416 e. The minimum Gasteiger partial charge on any atom is -0.376 e. The lowest BCUT2D eigenvalue weighted by atomic mass is 10.1. The van der Waals surface area contributed by atoms with E-state index in [4.69, 9.17) is 0 Å². The van der Waals surface area contributed by atoms with Gasteiger partial charge in [0.25, 0.3) is 0 Å². The second kappa shape index (κ2) is 7.67. The molecule has 1 aromatic heterocycles. The molecule has 0 spiro atoms. The highest BCUT2D eigenvalue weighted by Crippen LogP contribution is 2.33. The van der Waals surface area contributed by atoms with Crippen LogP contribution in [-0.2, 0) is 11.0 Å². The molecule has 146 valence electrons. The normalized spacial score (nSPS) is 11.3. The zero-order valence-corrected chi connectivity index (χ0v) is 14.6. The van der Waals surface area contributed by atoms with Gasteiger partial charge in [-0.15, -0.1) is 0 Å². The zero-order chi connectivity index (χ0) is 20.3. The fourth-order valence-corrected chi connectivity index (χ4v) is 2.42. The summed E-state index contributed by atoms with van der Waals surface area (Å²) in [4.78, 5) is 16.0. The average molecular weight is 393 g/mol. The molecule has 2 N–H and O–H groups in total. The summed E-state index contributed by atoms with van der Waals surface area (Å²) in [6.07, 6.45) is -2.06. The molecule has 10 heteroatoms. The second-order valence-corrected chi connectivity index (χ2v) is 5.94. The van der Waals surface area contributed by atoms with Crippen LogP contribution in [0.4, 0.5) is 28.9 Å². The van der Waals surface area contributed by atoms with Crippen molar-refractivity contribution in [2.24, 2.45) is 0 Å². The maximum absolute atomic E-state index is 13.6. The van der Waals surface area contributed by atoms with Gasteiger partial charge in [-0.05, 0) is 42.8 Å². The predicted molar refractivity (Wildman–Crippen MR) is 94.6 cm³/mol. The molecule has 0 aliphatic carbocycles. The fourth-order valence-electron chi connectivity index (χ4n) is 2.42. The smallest absolute Gasteiger partial charge is 0.376 e. The minimum absolute atomic E-state index is 0.0813. The second-order valence-electron chi connectivity index (χ2n) is 5.94. The van der Waals surface area contributed by atoms with Crippen molar-refractivity contribution in [1.82, 2.24) is 14.8 Å². The van der Waals surface area contributed by atoms with Crippen molar-refractivity contribution < 1.29 is 22.4 Å². The first-order chi connectivity index (χ1) is 13.2. The van der Waals surface area contributed by atoms with Crippen molar-refractivity contribution in [1.29, 1.82) is 0 Å². The number of aryl methyl sites for hydroxylation is 1. The Morgan fingerprint density at radius 1 is 1.18 bits per heavy atom. The number of nitrogens with zero attached hydrogens (tertiary/aromatic N) is 3. The van der Waals surface area contributed by atoms with E-state index < -0.39 is 23.5 Å². The van der Waals surface area contributed by atoms with Gasteiger partial charge in [-0.25, -0.2) is 14.1 Å². The predicted octanol–water partition coefficient (Wildman–Crippen LogP) is 3.78. The topological polar surface area (TPSA) is 71.8 Å². The molecule has 0 atom stereocenters. The molecule has 28 heavy (non-hydrogen) atoms. The molecule has 2 aromatic carbocycles. The van der Waals surface area contributed by atoms with Crippen LogP contribution in [0.1, 0.15) is 11.1 Å². The van der Waals surface area contributed by atoms with Crippen LogP contribution < -0.4 is 10.6 Å². The molecule has 0 aliphatic rings. The first-order valence-corrected chi connectivity index (χ1v) is 8.10. The van der Waals surface area contributed by atoms with Crippen molar-refractivity contribution in [3.05, 3.63) is 66.0 Å². The van der Waals surface area contributed by atoms with Crippen molar-refractivity contribution in [3.8, 4) is 5.69 Å². The third-order valence-corrected chi connectivity index (χ3v) is 3.89. The Bertz CT molecular complexity index is 986. The van der Waals surface area contributed by atoms with Gasteiger partial charge < -0.3 is 10.6 Å². The van der Waals surface area contributed by atoms with E-state index in [0.29, 0.717) is 11.3 Å². The maximum atomic E-state index is 13.6. The molecule has 0 radical (unpaired) electrons. The van der Waals surface area contributed by atoms with Gasteiger partial charge in [0, 0.05) is 5.69 Å². The number of rotatable bonds is 5. The van der Waals surface area contributed by atoms with Crippen LogP contribution in [0.5, 0.6) is 0 Å². The summed E-state index contributed by atoms with van der Waals surface area (Å²) in [6.45, 7) is 1.33. The number of hydrogen-bond acceptors (Lipinski definition) is 4. The Balaban J connectivity index is 1.79. The summed E-state index contributed by atoms with van der Waals surface area (Å²) < 4.78 is 53.9. The SMILES string of the molecule is Cc1ccc(NCC(=O)Nc2cc(C(F)(F)F)ccc2-n2cncn2)cc1F. The van der Waals surface area contributed by atoms with Crippen LogP contribution in [-0.4, -0.2) is 27.2 Å². The molecule has 1 amide bonds. The quantitative estimate of drug-likeness (QED) is 0.647. The molecule has 0 fully saturated rings. The minimum atomic E-state index is -4.57. The lowest BCUT2D eigenvalue weighted by molar-refractivity contribution is -0.137. The van der Waals surface area contributed by atoms with E-state index in [9.17, 15) is 22.4 Å². The van der Waals surface area contributed by atoms with E-state index in [-0.39, 0.29) is 17.9 Å². The third kappa shape index (κ3) is 4.45. The van der Waals surface area contributed by atoms with E-state index in [2.05, 4.69) is 20.7 Å². The first kappa shape index (κ1) is 19.3. The molecular weight excluding hydrogens is 378 g/mol. The van der Waals surface area contributed by atoms with Gasteiger partial charge in [0.2, 0.25) is 5.91 Å². The standard InChI is InChI=1S/C18H15F4N5O/c1-11-2-4-13(7-14(11)19)24-8-17(28)26-15-6-12(18(20,21)22)3-5-16(15)27-10-23-9-25-27/h2-7,9-10,24H,8H2,1H3,(H,26,28). The largest absolute Gasteiger partial charge is 0.416 e. The van der Waals surface area contributed by atoms with Gasteiger partial charge >= 0.3 is 6.18 Å². The van der Waals surface area contributed by atoms with Crippen LogP contribution in [0.15, 0.2) is 49.1 Å². The summed E-state index contributed by atoms with van der Waals surface area (Å²) in [5, 5.41) is 9.02. The number of benzene rings is 2. The van der Waals surface area contributed by atoms with E-state index in [1.54, 1.807) is 19.1 Å². The lowest BCUT2D eigenvalue weighted by Crippen LogP contribution is -2.23. The Morgan fingerprint density at radius 3 is 2.61 bits per heavy atom. The molecule has 0 aliphatic heterocycles. The van der Waals surface area contributed by atoms with Crippen molar-refractivity contribution in [2.45, 2.75) is 13.1 Å². The average Bonchev–Trinajstić information content (AvgIpc) is 3.16. The van der Waals surface area contributed by atoms with Gasteiger partial charge in [0.05, 0.1) is 23.5 Å². The molecule has 3 aromatic rings. The van der Waals surface area contributed by atoms with Crippen molar-refractivity contribution in [3.63, 3.8) is 0 Å². The van der Waals surface area contributed by atoms with Gasteiger partial charge in [0.1, 0.15) is 18.5 Å². The van der Waals surface area contributed by atoms with E-state index in [1.165, 1.54) is 29.5 Å². The first-order valence-electron chi connectivity index (χ1n) is 8.10. The Hall–Kier alpha value is -3.43. The zero-order valence-electron chi connectivity index (χ0n) is 14.6. The molecule has 6 nitrogen and oxygen atoms in total. The number of amides is 1. The molecule has 0 bridgehead atoms. The molecule has 0 saturated heterocycles. The number of anilines is 2. The van der Waals surface area contributed by atoms with E-state index in [0.717, 1.165) is 12.1 Å². The lowest BCUT2D eigenvalue weighted by Gasteiger charge is -2.15. The Kier molecular flexibility index (Phi) is 5.30. The number of alkyl halides is 3. The Morgan fingerprint density at radius 2 is 1.96 bits per heavy atom. The van der Waals surface area contributed by atoms with Crippen molar-refractivity contribution in [2.75, 3.05) is 17.2 Å². The molecule has 0 saturated carbocycles. The van der Waals surface area contributed by atoms with Crippen LogP contribution in [0.25, 0.3) is 5.69 Å². The number of hydrogen-bond donors (Lipinski definition) is 2. The van der Waals surface area contributed by atoms with Gasteiger partial charge in [-0.2, -0.15) is 18.3 Å². The highest BCUT2D eigenvalue weighted by molar-refractivity contribution is 5.95. The number of nitrogens with one attached hydrogen (secondary N) is 2. The molecule has 3 rings (SSSR count). The summed E-state index contributed by atoms with van der Waals surface area (Å²) in [5.74, 6) is -1.04. The number of halogens is 4. The highest BCUT2D eigenvalue weighted by atomic mass is 19.4. The summed E-state index contributed by atoms with van der Waals surface area (Å²) in [6, 6.07) is 7.27. The van der Waals surface area contributed by atoms with Crippen LogP contribution >= 0.6 is 0 Å². The molecular formula is C18H15F4N5O. The number of carbonyl (C=O) groups excluding carboxylic acids is 1. The van der Waals surface area contributed by atoms with E-state index in [1.807, 2.05) is 0 Å². The number of aromatic nitrogens is 3. The monoisotopic (exact) mass is 393 g/mol. The fraction of sp³-hybridized carbons (Fsp3) is 0.167. The summed E-state index contributed by atoms with van der Waals surface area (Å²) in [5.41, 5.74) is 0.0536. The molecule has 0 unspecified atom stereocenters. The van der Waals surface area contributed by atoms with E-state index >= 15 is 0 Å². The van der Waals surface area contributed by atoms with Gasteiger partial charge in [0.15, 0.2) is 0 Å². The van der Waals surface area contributed by atoms with Crippen LogP contribution in [0.2, 0.25) is 0 Å².